The molecule has 2 aromatic carbocycles. The predicted octanol–water partition coefficient (Wildman–Crippen LogP) is 4.31. The predicted molar refractivity (Wildman–Crippen MR) is 116 cm³/mol. The summed E-state index contributed by atoms with van der Waals surface area (Å²) in [7, 11) is 1.55. The lowest BCUT2D eigenvalue weighted by Crippen LogP contribution is -2.13. The van der Waals surface area contributed by atoms with Gasteiger partial charge in [0.1, 0.15) is 10.6 Å². The molecule has 0 radical (unpaired) electrons. The van der Waals surface area contributed by atoms with Crippen molar-refractivity contribution in [2.45, 2.75) is 19.8 Å². The van der Waals surface area contributed by atoms with Crippen LogP contribution in [0.1, 0.15) is 38.6 Å². The number of nitrogens with one attached hydrogen (secondary N) is 2. The topological polar surface area (TPSA) is 97.4 Å². The Labute approximate surface area is 178 Å². The molecule has 0 aliphatic heterocycles. The fraction of sp³-hybridized carbons (Fsp3) is 0.182. The van der Waals surface area contributed by atoms with Crippen molar-refractivity contribution >= 4 is 39.8 Å². The van der Waals surface area contributed by atoms with Crippen LogP contribution in [0, 0.1) is 6.92 Å². The first kappa shape index (κ1) is 21.2. The van der Waals surface area contributed by atoms with Gasteiger partial charge in [0.25, 0.3) is 5.91 Å². The Kier molecular flexibility index (Phi) is 6.92. The third kappa shape index (κ3) is 5.51. The summed E-state index contributed by atoms with van der Waals surface area (Å²) < 4.78 is 5.07. The summed E-state index contributed by atoms with van der Waals surface area (Å²) in [6, 6.07) is 15.8. The maximum absolute atomic E-state index is 12.4. The fourth-order valence-corrected chi connectivity index (χ4v) is 3.58. The quantitative estimate of drug-likeness (QED) is 0.526. The molecule has 30 heavy (non-hydrogen) atoms. The highest BCUT2D eigenvalue weighted by atomic mass is 32.1. The number of amides is 2. The van der Waals surface area contributed by atoms with Crippen LogP contribution in [0.2, 0.25) is 0 Å². The number of carbonyl (C=O) groups is 3. The van der Waals surface area contributed by atoms with E-state index in [0.29, 0.717) is 32.7 Å². The number of carbonyl (C=O) groups excluding carboxylic acids is 3. The molecule has 1 heterocycles. The zero-order chi connectivity index (χ0) is 21.5. The Morgan fingerprint density at radius 2 is 1.67 bits per heavy atom. The van der Waals surface area contributed by atoms with Crippen LogP contribution >= 0.6 is 11.3 Å². The Morgan fingerprint density at radius 3 is 2.33 bits per heavy atom. The van der Waals surface area contributed by atoms with E-state index in [-0.39, 0.29) is 30.4 Å². The van der Waals surface area contributed by atoms with Crippen molar-refractivity contribution in [1.29, 1.82) is 0 Å². The van der Waals surface area contributed by atoms with Crippen LogP contribution in [-0.2, 0) is 4.79 Å². The second-order valence-electron chi connectivity index (χ2n) is 6.45. The molecule has 3 rings (SSSR count). The Hall–Kier alpha value is -3.52. The van der Waals surface area contributed by atoms with Gasteiger partial charge in [0.05, 0.1) is 12.8 Å². The van der Waals surface area contributed by atoms with E-state index in [1.54, 1.807) is 50.4 Å². The third-order valence-electron chi connectivity index (χ3n) is 4.27. The van der Waals surface area contributed by atoms with Gasteiger partial charge in [0.2, 0.25) is 5.91 Å². The number of ether oxygens (including phenoxy) is 1. The average Bonchev–Trinajstić information content (AvgIpc) is 3.12. The van der Waals surface area contributed by atoms with Crippen LogP contribution in [0.25, 0.3) is 0 Å². The average molecular weight is 423 g/mol. The summed E-state index contributed by atoms with van der Waals surface area (Å²) in [5, 5.41) is 5.79. The minimum absolute atomic E-state index is 0.0229. The second-order valence-corrected chi connectivity index (χ2v) is 7.45. The highest BCUT2D eigenvalue weighted by molar-refractivity contribution is 7.17. The van der Waals surface area contributed by atoms with Gasteiger partial charge in [0, 0.05) is 24.1 Å². The number of Topliss-reactive ketones (excluding diaryl/α,β-unsaturated/α-hetero) is 1. The van der Waals surface area contributed by atoms with Gasteiger partial charge in [-0.3, -0.25) is 14.4 Å². The molecule has 0 atom stereocenters. The number of benzene rings is 2. The number of para-hydroxylation sites is 1. The SMILES string of the molecule is COc1ccc(C(=O)CCC(=O)Nc2nc(C)c(C(=O)Nc3ccccc3)s2)cc1. The molecule has 0 saturated heterocycles. The number of rotatable bonds is 8. The zero-order valence-electron chi connectivity index (χ0n) is 16.6. The van der Waals surface area contributed by atoms with E-state index in [1.165, 1.54) is 0 Å². The number of aromatic nitrogens is 1. The van der Waals surface area contributed by atoms with E-state index >= 15 is 0 Å². The van der Waals surface area contributed by atoms with Crippen LogP contribution in [0.15, 0.2) is 54.6 Å². The van der Waals surface area contributed by atoms with E-state index in [1.807, 2.05) is 18.2 Å². The molecule has 154 valence electrons. The van der Waals surface area contributed by atoms with Gasteiger partial charge < -0.3 is 15.4 Å². The van der Waals surface area contributed by atoms with Gasteiger partial charge in [-0.15, -0.1) is 0 Å². The van der Waals surface area contributed by atoms with Crippen molar-refractivity contribution < 1.29 is 19.1 Å². The molecule has 0 fully saturated rings. The largest absolute Gasteiger partial charge is 0.497 e. The molecule has 2 N–H and O–H groups in total. The minimum Gasteiger partial charge on any atom is -0.497 e. The van der Waals surface area contributed by atoms with Crippen molar-refractivity contribution in [2.75, 3.05) is 17.7 Å². The van der Waals surface area contributed by atoms with Crippen molar-refractivity contribution in [1.82, 2.24) is 4.98 Å². The Balaban J connectivity index is 1.54. The molecule has 0 spiro atoms. The highest BCUT2D eigenvalue weighted by Crippen LogP contribution is 2.24. The first-order valence-electron chi connectivity index (χ1n) is 9.27. The van der Waals surface area contributed by atoms with Gasteiger partial charge >= 0.3 is 0 Å². The van der Waals surface area contributed by atoms with E-state index in [0.717, 1.165) is 11.3 Å². The lowest BCUT2D eigenvalue weighted by atomic mass is 10.1. The molecule has 0 bridgehead atoms. The van der Waals surface area contributed by atoms with Crippen molar-refractivity contribution in [3.8, 4) is 5.75 Å². The summed E-state index contributed by atoms with van der Waals surface area (Å²) in [5.41, 5.74) is 1.73. The Morgan fingerprint density at radius 1 is 0.967 bits per heavy atom. The number of nitrogens with zero attached hydrogens (tertiary/aromatic N) is 1. The first-order chi connectivity index (χ1) is 14.5. The Bertz CT molecular complexity index is 1050. The summed E-state index contributed by atoms with van der Waals surface area (Å²) in [6.45, 7) is 1.71. The molecular formula is C22H21N3O4S. The molecule has 3 aromatic rings. The number of ketones is 1. The normalized spacial score (nSPS) is 10.3. The summed E-state index contributed by atoms with van der Waals surface area (Å²) >= 11 is 1.10. The summed E-state index contributed by atoms with van der Waals surface area (Å²) in [4.78, 5) is 41.6. The number of hydrogen-bond donors (Lipinski definition) is 2. The summed E-state index contributed by atoms with van der Waals surface area (Å²) in [5.74, 6) is -0.0893. The summed E-state index contributed by atoms with van der Waals surface area (Å²) in [6.07, 6.45) is 0.0961. The third-order valence-corrected chi connectivity index (χ3v) is 5.34. The second kappa shape index (κ2) is 9.80. The van der Waals surface area contributed by atoms with Crippen LogP contribution < -0.4 is 15.4 Å². The number of anilines is 2. The van der Waals surface area contributed by atoms with Crippen molar-refractivity contribution in [3.63, 3.8) is 0 Å². The van der Waals surface area contributed by atoms with Crippen molar-refractivity contribution in [2.24, 2.45) is 0 Å². The highest BCUT2D eigenvalue weighted by Gasteiger charge is 2.17. The van der Waals surface area contributed by atoms with Gasteiger partial charge in [-0.25, -0.2) is 4.98 Å². The molecule has 2 amide bonds. The molecule has 0 saturated carbocycles. The maximum atomic E-state index is 12.4. The molecule has 0 unspecified atom stereocenters. The van der Waals surface area contributed by atoms with E-state index in [9.17, 15) is 14.4 Å². The van der Waals surface area contributed by atoms with Gasteiger partial charge in [-0.2, -0.15) is 0 Å². The number of aryl methyl sites for hydroxylation is 1. The van der Waals surface area contributed by atoms with Gasteiger partial charge in [-0.05, 0) is 43.3 Å². The van der Waals surface area contributed by atoms with Crippen LogP contribution in [0.5, 0.6) is 5.75 Å². The van der Waals surface area contributed by atoms with Gasteiger partial charge in [0.15, 0.2) is 10.9 Å². The van der Waals surface area contributed by atoms with E-state index < -0.39 is 0 Å². The van der Waals surface area contributed by atoms with Crippen LogP contribution in [0.3, 0.4) is 0 Å². The standard InChI is InChI=1S/C22H21N3O4S/c1-14-20(21(28)24-16-6-4-3-5-7-16)30-22(23-14)25-19(27)13-12-18(26)15-8-10-17(29-2)11-9-15/h3-11H,12-13H2,1-2H3,(H,24,28)(H,23,25,27). The minimum atomic E-state index is -0.333. The maximum Gasteiger partial charge on any atom is 0.267 e. The van der Waals surface area contributed by atoms with Crippen LogP contribution in [-0.4, -0.2) is 29.7 Å². The first-order valence-corrected chi connectivity index (χ1v) is 10.1. The number of methoxy groups -OCH3 is 1. The lowest BCUT2D eigenvalue weighted by Gasteiger charge is -2.04. The zero-order valence-corrected chi connectivity index (χ0v) is 17.4. The lowest BCUT2D eigenvalue weighted by molar-refractivity contribution is -0.116. The molecule has 0 aliphatic rings. The molecular weight excluding hydrogens is 402 g/mol. The van der Waals surface area contributed by atoms with Crippen molar-refractivity contribution in [3.05, 3.63) is 70.7 Å². The molecule has 8 heteroatoms. The molecule has 7 nitrogen and oxygen atoms in total. The van der Waals surface area contributed by atoms with Gasteiger partial charge in [-0.1, -0.05) is 29.5 Å². The fourth-order valence-electron chi connectivity index (χ4n) is 2.70. The van der Waals surface area contributed by atoms with Crippen LogP contribution in [0.4, 0.5) is 10.8 Å². The smallest absolute Gasteiger partial charge is 0.267 e. The van der Waals surface area contributed by atoms with E-state index in [4.69, 9.17) is 4.74 Å². The molecule has 0 aliphatic carbocycles. The van der Waals surface area contributed by atoms with E-state index in [2.05, 4.69) is 15.6 Å². The number of hydrogen-bond acceptors (Lipinski definition) is 6. The number of thiazole rings is 1. The monoisotopic (exact) mass is 423 g/mol. The molecule has 1 aromatic heterocycles.